The first kappa shape index (κ1) is 19.6. The van der Waals surface area contributed by atoms with Crippen molar-refractivity contribution in [1.82, 2.24) is 10.4 Å². The van der Waals surface area contributed by atoms with Gasteiger partial charge in [-0.2, -0.15) is 10.4 Å². The number of aryl methyl sites for hydroxylation is 2. The number of aromatic nitrogens is 1. The zero-order valence-electron chi connectivity index (χ0n) is 15.3. The summed E-state index contributed by atoms with van der Waals surface area (Å²) in [5, 5.41) is 15.6. The van der Waals surface area contributed by atoms with Gasteiger partial charge in [-0.3, -0.25) is 4.79 Å². The fourth-order valence-electron chi connectivity index (χ4n) is 2.52. The first-order chi connectivity index (χ1) is 12.5. The van der Waals surface area contributed by atoms with Crippen LogP contribution in [-0.4, -0.2) is 30.2 Å². The number of nitriles is 1. The minimum Gasteiger partial charge on any atom is -0.371 e. The van der Waals surface area contributed by atoms with E-state index in [0.29, 0.717) is 13.0 Å². The summed E-state index contributed by atoms with van der Waals surface area (Å²) in [7, 11) is 0. The standard InChI is InChI=1S/C19H23N5OS/c1-4-24(9-5-8-20)18-7-6-16(14(2)10-18)12-21-23-19(25)11-17-13-26-15(3)22-17/h6-7,10,12-13H,4-5,9,11H2,1-3H3,(H,23,25)/b21-12-. The molecule has 0 unspecified atom stereocenters. The summed E-state index contributed by atoms with van der Waals surface area (Å²) in [5.74, 6) is -0.186. The molecule has 0 saturated carbocycles. The Kier molecular flexibility index (Phi) is 7.30. The second-order valence-corrected chi connectivity index (χ2v) is 6.92. The predicted molar refractivity (Wildman–Crippen MR) is 106 cm³/mol. The van der Waals surface area contributed by atoms with Gasteiger partial charge in [-0.25, -0.2) is 10.4 Å². The Morgan fingerprint density at radius 3 is 2.88 bits per heavy atom. The third-order valence-electron chi connectivity index (χ3n) is 3.89. The van der Waals surface area contributed by atoms with E-state index < -0.39 is 0 Å². The van der Waals surface area contributed by atoms with Gasteiger partial charge >= 0.3 is 0 Å². The molecule has 0 fully saturated rings. The highest BCUT2D eigenvalue weighted by Gasteiger charge is 2.07. The third-order valence-corrected chi connectivity index (χ3v) is 4.72. The van der Waals surface area contributed by atoms with Crippen LogP contribution in [0.2, 0.25) is 0 Å². The van der Waals surface area contributed by atoms with Gasteiger partial charge in [0.1, 0.15) is 0 Å². The Hall–Kier alpha value is -2.72. The van der Waals surface area contributed by atoms with Crippen LogP contribution in [0.25, 0.3) is 0 Å². The fourth-order valence-corrected chi connectivity index (χ4v) is 3.14. The molecule has 0 spiro atoms. The predicted octanol–water partition coefficient (Wildman–Crippen LogP) is 3.19. The van der Waals surface area contributed by atoms with Gasteiger partial charge in [-0.05, 0) is 44.0 Å². The maximum Gasteiger partial charge on any atom is 0.246 e. The molecule has 1 heterocycles. The normalized spacial score (nSPS) is 10.7. The minimum atomic E-state index is -0.186. The van der Waals surface area contributed by atoms with Crippen LogP contribution >= 0.6 is 11.3 Å². The fraction of sp³-hybridized carbons (Fsp3) is 0.368. The topological polar surface area (TPSA) is 81.4 Å². The first-order valence-corrected chi connectivity index (χ1v) is 9.37. The molecule has 26 heavy (non-hydrogen) atoms. The number of carbonyl (C=O) groups is 1. The molecule has 2 rings (SSSR count). The Morgan fingerprint density at radius 2 is 2.27 bits per heavy atom. The van der Waals surface area contributed by atoms with Crippen molar-refractivity contribution >= 4 is 29.1 Å². The van der Waals surface area contributed by atoms with Crippen molar-refractivity contribution in [2.75, 3.05) is 18.0 Å². The lowest BCUT2D eigenvalue weighted by Crippen LogP contribution is -2.23. The molecular formula is C19H23N5OS. The van der Waals surface area contributed by atoms with E-state index in [4.69, 9.17) is 5.26 Å². The Labute approximate surface area is 158 Å². The Bertz CT molecular complexity index is 822. The van der Waals surface area contributed by atoms with E-state index in [1.807, 2.05) is 31.4 Å². The van der Waals surface area contributed by atoms with Gasteiger partial charge in [-0.15, -0.1) is 11.3 Å². The highest BCUT2D eigenvalue weighted by Crippen LogP contribution is 2.18. The van der Waals surface area contributed by atoms with Crippen LogP contribution in [0, 0.1) is 25.2 Å². The molecule has 0 atom stereocenters. The molecule has 6 nitrogen and oxygen atoms in total. The minimum absolute atomic E-state index is 0.186. The molecule has 1 aromatic carbocycles. The second kappa shape index (κ2) is 9.68. The van der Waals surface area contributed by atoms with Gasteiger partial charge in [0.25, 0.3) is 0 Å². The first-order valence-electron chi connectivity index (χ1n) is 8.49. The number of hydrogen-bond acceptors (Lipinski definition) is 6. The average Bonchev–Trinajstić information content (AvgIpc) is 3.02. The molecule has 1 aromatic heterocycles. The van der Waals surface area contributed by atoms with Crippen molar-refractivity contribution in [3.63, 3.8) is 0 Å². The van der Waals surface area contributed by atoms with Crippen molar-refractivity contribution in [2.24, 2.45) is 5.10 Å². The summed E-state index contributed by atoms with van der Waals surface area (Å²) in [5.41, 5.74) is 6.39. The molecule has 0 aliphatic rings. The lowest BCUT2D eigenvalue weighted by Gasteiger charge is -2.22. The number of nitrogens with zero attached hydrogens (tertiary/aromatic N) is 4. The number of carbonyl (C=O) groups excluding carboxylic acids is 1. The van der Waals surface area contributed by atoms with Gasteiger partial charge in [0.15, 0.2) is 0 Å². The molecule has 1 N–H and O–H groups in total. The molecule has 0 aliphatic heterocycles. The molecule has 2 aromatic rings. The van der Waals surface area contributed by atoms with E-state index in [2.05, 4.69) is 39.5 Å². The largest absolute Gasteiger partial charge is 0.371 e. The smallest absolute Gasteiger partial charge is 0.246 e. The molecule has 136 valence electrons. The van der Waals surface area contributed by atoms with E-state index in [-0.39, 0.29) is 12.3 Å². The lowest BCUT2D eigenvalue weighted by molar-refractivity contribution is -0.120. The highest BCUT2D eigenvalue weighted by molar-refractivity contribution is 7.09. The lowest BCUT2D eigenvalue weighted by atomic mass is 10.1. The molecule has 0 saturated heterocycles. The van der Waals surface area contributed by atoms with Gasteiger partial charge in [0.05, 0.1) is 35.8 Å². The zero-order valence-corrected chi connectivity index (χ0v) is 16.1. The van der Waals surface area contributed by atoms with E-state index in [9.17, 15) is 4.79 Å². The number of hydrazone groups is 1. The van der Waals surface area contributed by atoms with Gasteiger partial charge in [-0.1, -0.05) is 6.07 Å². The van der Waals surface area contributed by atoms with Crippen LogP contribution in [0.4, 0.5) is 5.69 Å². The molecule has 0 bridgehead atoms. The van der Waals surface area contributed by atoms with E-state index in [1.54, 1.807) is 6.21 Å². The molecular weight excluding hydrogens is 346 g/mol. The SMILES string of the molecule is CCN(CCC#N)c1ccc(/C=N\NC(=O)Cc2csc(C)n2)c(C)c1. The maximum absolute atomic E-state index is 11.9. The molecule has 0 radical (unpaired) electrons. The van der Waals surface area contributed by atoms with E-state index in [1.165, 1.54) is 11.3 Å². The van der Waals surface area contributed by atoms with Crippen molar-refractivity contribution in [3.05, 3.63) is 45.4 Å². The monoisotopic (exact) mass is 369 g/mol. The number of nitrogens with one attached hydrogen (secondary N) is 1. The van der Waals surface area contributed by atoms with Gasteiger partial charge in [0.2, 0.25) is 5.91 Å². The number of hydrogen-bond donors (Lipinski definition) is 1. The number of thiazole rings is 1. The number of amides is 1. The summed E-state index contributed by atoms with van der Waals surface area (Å²) in [6, 6.07) is 8.23. The Morgan fingerprint density at radius 1 is 1.46 bits per heavy atom. The maximum atomic E-state index is 11.9. The zero-order chi connectivity index (χ0) is 18.9. The summed E-state index contributed by atoms with van der Waals surface area (Å²) in [6.45, 7) is 7.55. The van der Waals surface area contributed by atoms with Crippen LogP contribution in [0.3, 0.4) is 0 Å². The summed E-state index contributed by atoms with van der Waals surface area (Å²) >= 11 is 1.53. The second-order valence-electron chi connectivity index (χ2n) is 5.86. The van der Waals surface area contributed by atoms with Crippen LogP contribution in [0.15, 0.2) is 28.7 Å². The molecule has 7 heteroatoms. The van der Waals surface area contributed by atoms with Gasteiger partial charge in [0, 0.05) is 24.2 Å². The van der Waals surface area contributed by atoms with Crippen LogP contribution < -0.4 is 10.3 Å². The van der Waals surface area contributed by atoms with E-state index >= 15 is 0 Å². The van der Waals surface area contributed by atoms with Crippen LogP contribution in [0.5, 0.6) is 0 Å². The summed E-state index contributed by atoms with van der Waals surface area (Å²) in [4.78, 5) is 18.3. The van der Waals surface area contributed by atoms with Crippen molar-refractivity contribution in [2.45, 2.75) is 33.6 Å². The Balaban J connectivity index is 1.95. The van der Waals surface area contributed by atoms with Gasteiger partial charge < -0.3 is 4.90 Å². The number of anilines is 1. The van der Waals surface area contributed by atoms with Crippen LogP contribution in [-0.2, 0) is 11.2 Å². The summed E-state index contributed by atoms with van der Waals surface area (Å²) in [6.07, 6.45) is 2.37. The third kappa shape index (κ3) is 5.67. The number of benzene rings is 1. The molecule has 1 amide bonds. The van der Waals surface area contributed by atoms with Crippen molar-refractivity contribution in [1.29, 1.82) is 5.26 Å². The van der Waals surface area contributed by atoms with E-state index in [0.717, 1.165) is 34.1 Å². The van der Waals surface area contributed by atoms with Crippen molar-refractivity contribution in [3.8, 4) is 6.07 Å². The molecule has 0 aliphatic carbocycles. The number of rotatable bonds is 8. The average molecular weight is 369 g/mol. The quantitative estimate of drug-likeness (QED) is 0.572. The highest BCUT2D eigenvalue weighted by atomic mass is 32.1. The summed E-state index contributed by atoms with van der Waals surface area (Å²) < 4.78 is 0. The van der Waals surface area contributed by atoms with Crippen molar-refractivity contribution < 1.29 is 4.79 Å². The van der Waals surface area contributed by atoms with Crippen LogP contribution in [0.1, 0.15) is 35.2 Å².